The van der Waals surface area contributed by atoms with Crippen LogP contribution in [0.1, 0.15) is 26.7 Å². The van der Waals surface area contributed by atoms with Crippen molar-refractivity contribution in [3.8, 4) is 0 Å². The molecule has 1 unspecified atom stereocenters. The molecule has 1 saturated carbocycles. The quantitative estimate of drug-likeness (QED) is 0.669. The molecule has 2 nitrogen and oxygen atoms in total. The van der Waals surface area contributed by atoms with Crippen LogP contribution in [0.3, 0.4) is 0 Å². The summed E-state index contributed by atoms with van der Waals surface area (Å²) in [6.07, 6.45) is 2.83. The molecule has 1 atom stereocenters. The summed E-state index contributed by atoms with van der Waals surface area (Å²) in [5, 5.41) is 3.18. The van der Waals surface area contributed by atoms with Gasteiger partial charge >= 0.3 is 0 Å². The van der Waals surface area contributed by atoms with Gasteiger partial charge in [0.05, 0.1) is 0 Å². The summed E-state index contributed by atoms with van der Waals surface area (Å²) in [7, 11) is 4.24. The average Bonchev–Trinajstić information content (AvgIpc) is 2.79. The van der Waals surface area contributed by atoms with Gasteiger partial charge in [-0.25, -0.2) is 0 Å². The molecule has 0 saturated heterocycles. The zero-order valence-electron chi connectivity index (χ0n) is 8.85. The Balaban J connectivity index is 2.26. The molecule has 12 heavy (non-hydrogen) atoms. The third-order valence-electron chi connectivity index (χ3n) is 3.42. The van der Waals surface area contributed by atoms with E-state index in [9.17, 15) is 0 Å². The van der Waals surface area contributed by atoms with Crippen molar-refractivity contribution in [2.24, 2.45) is 5.41 Å². The van der Waals surface area contributed by atoms with Gasteiger partial charge in [-0.2, -0.15) is 0 Å². The van der Waals surface area contributed by atoms with Gasteiger partial charge in [0.1, 0.15) is 0 Å². The van der Waals surface area contributed by atoms with Crippen LogP contribution in [0.2, 0.25) is 0 Å². The highest BCUT2D eigenvalue weighted by Gasteiger charge is 2.43. The van der Waals surface area contributed by atoms with Crippen LogP contribution in [0.5, 0.6) is 0 Å². The molecule has 1 aliphatic rings. The van der Waals surface area contributed by atoms with E-state index in [1.807, 2.05) is 7.05 Å². The maximum atomic E-state index is 3.18. The molecule has 2 heteroatoms. The SMILES string of the molecule is CNCCN(C)C(C)C1(C)CC1. The molecule has 72 valence electrons. The van der Waals surface area contributed by atoms with Crippen molar-refractivity contribution in [3.63, 3.8) is 0 Å². The summed E-state index contributed by atoms with van der Waals surface area (Å²) in [4.78, 5) is 2.46. The van der Waals surface area contributed by atoms with Gasteiger partial charge < -0.3 is 10.2 Å². The molecule has 0 aliphatic heterocycles. The van der Waals surface area contributed by atoms with Crippen LogP contribution >= 0.6 is 0 Å². The van der Waals surface area contributed by atoms with E-state index in [0.717, 1.165) is 19.1 Å². The molecule has 0 heterocycles. The first-order valence-corrected chi connectivity index (χ1v) is 4.95. The van der Waals surface area contributed by atoms with Crippen molar-refractivity contribution in [1.82, 2.24) is 10.2 Å². The molecular formula is C10H22N2. The van der Waals surface area contributed by atoms with Crippen LogP contribution in [0.25, 0.3) is 0 Å². The van der Waals surface area contributed by atoms with Crippen LogP contribution in [-0.2, 0) is 0 Å². The van der Waals surface area contributed by atoms with Crippen LogP contribution in [0.15, 0.2) is 0 Å². The van der Waals surface area contributed by atoms with Crippen molar-refractivity contribution in [3.05, 3.63) is 0 Å². The highest BCUT2D eigenvalue weighted by atomic mass is 15.2. The average molecular weight is 170 g/mol. The zero-order chi connectivity index (χ0) is 9.19. The monoisotopic (exact) mass is 170 g/mol. The number of nitrogens with one attached hydrogen (secondary N) is 1. The minimum atomic E-state index is 0.627. The van der Waals surface area contributed by atoms with Gasteiger partial charge in [-0.05, 0) is 39.3 Å². The summed E-state index contributed by atoms with van der Waals surface area (Å²) >= 11 is 0. The second-order valence-corrected chi connectivity index (χ2v) is 4.41. The predicted molar refractivity (Wildman–Crippen MR) is 53.4 cm³/mol. The predicted octanol–water partition coefficient (Wildman–Crippen LogP) is 1.33. The minimum Gasteiger partial charge on any atom is -0.318 e. The van der Waals surface area contributed by atoms with Crippen molar-refractivity contribution in [2.75, 3.05) is 27.2 Å². The molecule has 0 radical (unpaired) electrons. The van der Waals surface area contributed by atoms with Gasteiger partial charge in [-0.3, -0.25) is 0 Å². The fraction of sp³-hybridized carbons (Fsp3) is 1.00. The molecule has 0 amide bonds. The van der Waals surface area contributed by atoms with Gasteiger partial charge in [0.25, 0.3) is 0 Å². The van der Waals surface area contributed by atoms with Gasteiger partial charge in [0.2, 0.25) is 0 Å². The summed E-state index contributed by atoms with van der Waals surface area (Å²) in [5.41, 5.74) is 0.627. The standard InChI is InChI=1S/C10H22N2/c1-9(10(2)5-6-10)12(4)8-7-11-3/h9,11H,5-8H2,1-4H3. The summed E-state index contributed by atoms with van der Waals surface area (Å²) < 4.78 is 0. The first kappa shape index (κ1) is 10.0. The lowest BCUT2D eigenvalue weighted by atomic mass is 10.00. The lowest BCUT2D eigenvalue weighted by Gasteiger charge is -2.29. The van der Waals surface area contributed by atoms with E-state index in [1.165, 1.54) is 12.8 Å². The van der Waals surface area contributed by atoms with E-state index in [1.54, 1.807) is 0 Å². The Kier molecular flexibility index (Phi) is 3.13. The lowest BCUT2D eigenvalue weighted by molar-refractivity contribution is 0.187. The number of nitrogens with zero attached hydrogens (tertiary/aromatic N) is 1. The molecule has 0 bridgehead atoms. The van der Waals surface area contributed by atoms with Gasteiger partial charge in [-0.15, -0.1) is 0 Å². The molecule has 1 fully saturated rings. The van der Waals surface area contributed by atoms with Crippen LogP contribution < -0.4 is 5.32 Å². The molecule has 1 aliphatic carbocycles. The summed E-state index contributed by atoms with van der Waals surface area (Å²) in [6, 6.07) is 0.742. The first-order valence-electron chi connectivity index (χ1n) is 4.95. The van der Waals surface area contributed by atoms with Crippen molar-refractivity contribution in [2.45, 2.75) is 32.7 Å². The summed E-state index contributed by atoms with van der Waals surface area (Å²) in [5.74, 6) is 0. The van der Waals surface area contributed by atoms with Crippen LogP contribution in [-0.4, -0.2) is 38.1 Å². The van der Waals surface area contributed by atoms with Crippen molar-refractivity contribution in [1.29, 1.82) is 0 Å². The van der Waals surface area contributed by atoms with E-state index in [4.69, 9.17) is 0 Å². The molecule has 1 N–H and O–H groups in total. The molecule has 0 spiro atoms. The fourth-order valence-corrected chi connectivity index (χ4v) is 1.63. The Morgan fingerprint density at radius 3 is 2.50 bits per heavy atom. The van der Waals surface area contributed by atoms with Crippen molar-refractivity contribution < 1.29 is 0 Å². The fourth-order valence-electron chi connectivity index (χ4n) is 1.63. The first-order chi connectivity index (χ1) is 5.60. The highest BCUT2D eigenvalue weighted by Crippen LogP contribution is 2.49. The topological polar surface area (TPSA) is 15.3 Å². The van der Waals surface area contributed by atoms with Gasteiger partial charge in [-0.1, -0.05) is 6.92 Å². The van der Waals surface area contributed by atoms with E-state index < -0.39 is 0 Å². The lowest BCUT2D eigenvalue weighted by Crippen LogP contribution is -2.39. The molecule has 0 aromatic rings. The number of likely N-dealkylation sites (N-methyl/N-ethyl adjacent to an activating group) is 2. The Labute approximate surface area is 76.3 Å². The maximum Gasteiger partial charge on any atom is 0.0118 e. The molecule has 0 aromatic carbocycles. The Hall–Kier alpha value is -0.0800. The van der Waals surface area contributed by atoms with E-state index in [0.29, 0.717) is 5.41 Å². The Morgan fingerprint density at radius 2 is 2.08 bits per heavy atom. The van der Waals surface area contributed by atoms with Crippen LogP contribution in [0.4, 0.5) is 0 Å². The smallest absolute Gasteiger partial charge is 0.0118 e. The largest absolute Gasteiger partial charge is 0.318 e. The normalized spacial score (nSPS) is 22.8. The van der Waals surface area contributed by atoms with E-state index >= 15 is 0 Å². The zero-order valence-corrected chi connectivity index (χ0v) is 8.85. The van der Waals surface area contributed by atoms with Crippen LogP contribution in [0, 0.1) is 5.41 Å². The Morgan fingerprint density at radius 1 is 1.50 bits per heavy atom. The van der Waals surface area contributed by atoms with E-state index in [-0.39, 0.29) is 0 Å². The number of rotatable bonds is 5. The molecular weight excluding hydrogens is 148 g/mol. The number of hydrogen-bond acceptors (Lipinski definition) is 2. The van der Waals surface area contributed by atoms with Gasteiger partial charge in [0.15, 0.2) is 0 Å². The molecule has 0 aromatic heterocycles. The number of hydrogen-bond donors (Lipinski definition) is 1. The minimum absolute atomic E-state index is 0.627. The van der Waals surface area contributed by atoms with E-state index in [2.05, 4.69) is 31.1 Å². The highest BCUT2D eigenvalue weighted by molar-refractivity contribution is 4.96. The molecule has 1 rings (SSSR count). The third-order valence-corrected chi connectivity index (χ3v) is 3.42. The third kappa shape index (κ3) is 2.20. The van der Waals surface area contributed by atoms with Crippen molar-refractivity contribution >= 4 is 0 Å². The second kappa shape index (κ2) is 3.75. The van der Waals surface area contributed by atoms with Gasteiger partial charge in [0, 0.05) is 19.1 Å². The summed E-state index contributed by atoms with van der Waals surface area (Å²) in [6.45, 7) is 7.00. The maximum absolute atomic E-state index is 3.18. The Bertz CT molecular complexity index is 141. The second-order valence-electron chi connectivity index (χ2n) is 4.41.